The molecule has 0 aliphatic rings. The number of carbonyl (C=O) groups excluding carboxylic acids is 1. The zero-order valence-electron chi connectivity index (χ0n) is 15.1. The maximum atomic E-state index is 12.1. The van der Waals surface area contributed by atoms with Gasteiger partial charge in [0, 0.05) is 11.8 Å². The molecule has 2 aromatic rings. The van der Waals surface area contributed by atoms with Gasteiger partial charge in [0.15, 0.2) is 11.5 Å². The molecule has 0 atom stereocenters. The Hall–Kier alpha value is -3.09. The van der Waals surface area contributed by atoms with Crippen LogP contribution < -0.4 is 19.5 Å². The van der Waals surface area contributed by atoms with Gasteiger partial charge in [-0.25, -0.2) is 0 Å². The molecule has 1 amide bonds. The molecule has 7 heteroatoms. The first-order valence-corrected chi connectivity index (χ1v) is 8.45. The molecule has 0 unspecified atom stereocenters. The van der Waals surface area contributed by atoms with Gasteiger partial charge in [-0.2, -0.15) is 8.78 Å². The normalized spacial score (nSPS) is 10.9. The molecule has 5 nitrogen and oxygen atoms in total. The van der Waals surface area contributed by atoms with Crippen LogP contribution in [0.2, 0.25) is 0 Å². The van der Waals surface area contributed by atoms with E-state index in [9.17, 15) is 13.6 Å². The van der Waals surface area contributed by atoms with Gasteiger partial charge in [-0.3, -0.25) is 4.79 Å². The molecule has 144 valence electrons. The lowest BCUT2D eigenvalue weighted by atomic mass is 10.2. The van der Waals surface area contributed by atoms with Crippen LogP contribution in [0.1, 0.15) is 19.4 Å². The number of alkyl halides is 2. The lowest BCUT2D eigenvalue weighted by Gasteiger charge is -2.11. The van der Waals surface area contributed by atoms with Crippen molar-refractivity contribution in [3.05, 3.63) is 54.1 Å². The Morgan fingerprint density at radius 2 is 1.70 bits per heavy atom. The average Bonchev–Trinajstić information content (AvgIpc) is 2.63. The molecule has 2 aromatic carbocycles. The quantitative estimate of drug-likeness (QED) is 0.642. The minimum absolute atomic E-state index is 0.0244. The molecule has 0 aliphatic heterocycles. The minimum atomic E-state index is -2.89. The summed E-state index contributed by atoms with van der Waals surface area (Å²) in [5.41, 5.74) is 1.24. The SMILES string of the molecule is CCOc1ccc(/C=C/C(=O)Nc2ccc(OC(F)F)cc2)cc1OCC. The topological polar surface area (TPSA) is 56.8 Å². The Kier molecular flexibility index (Phi) is 7.61. The first-order chi connectivity index (χ1) is 13.0. The number of carbonyl (C=O) groups is 1. The number of anilines is 1. The molecule has 0 fully saturated rings. The number of hydrogen-bond acceptors (Lipinski definition) is 4. The Labute approximate surface area is 156 Å². The predicted octanol–water partition coefficient (Wildman–Crippen LogP) is 4.74. The predicted molar refractivity (Wildman–Crippen MR) is 99.5 cm³/mol. The third-order valence-corrected chi connectivity index (χ3v) is 3.34. The number of halogens is 2. The molecular formula is C20H21F2NO4. The van der Waals surface area contributed by atoms with Crippen LogP contribution in [-0.2, 0) is 4.79 Å². The van der Waals surface area contributed by atoms with E-state index >= 15 is 0 Å². The van der Waals surface area contributed by atoms with Gasteiger partial charge in [0.2, 0.25) is 5.91 Å². The average molecular weight is 377 g/mol. The molecule has 27 heavy (non-hydrogen) atoms. The van der Waals surface area contributed by atoms with E-state index in [1.807, 2.05) is 19.9 Å². The fraction of sp³-hybridized carbons (Fsp3) is 0.250. The number of rotatable bonds is 9. The highest BCUT2D eigenvalue weighted by molar-refractivity contribution is 6.01. The van der Waals surface area contributed by atoms with Gasteiger partial charge in [0.25, 0.3) is 0 Å². The number of nitrogens with one attached hydrogen (secondary N) is 1. The Bertz CT molecular complexity index is 776. The smallest absolute Gasteiger partial charge is 0.387 e. The molecule has 2 rings (SSSR count). The van der Waals surface area contributed by atoms with Crippen molar-refractivity contribution in [1.29, 1.82) is 0 Å². The zero-order chi connectivity index (χ0) is 19.6. The molecule has 0 bridgehead atoms. The summed E-state index contributed by atoms with van der Waals surface area (Å²) < 4.78 is 39.5. The van der Waals surface area contributed by atoms with Crippen LogP contribution in [0, 0.1) is 0 Å². The number of ether oxygens (including phenoxy) is 3. The maximum Gasteiger partial charge on any atom is 0.387 e. The van der Waals surface area contributed by atoms with Crippen molar-refractivity contribution < 1.29 is 27.8 Å². The summed E-state index contributed by atoms with van der Waals surface area (Å²) in [7, 11) is 0. The summed E-state index contributed by atoms with van der Waals surface area (Å²) in [6, 6.07) is 11.1. The molecule has 0 saturated heterocycles. The van der Waals surface area contributed by atoms with Crippen molar-refractivity contribution >= 4 is 17.7 Å². The molecule has 0 aliphatic carbocycles. The fourth-order valence-electron chi connectivity index (χ4n) is 2.25. The Morgan fingerprint density at radius 3 is 2.33 bits per heavy atom. The van der Waals surface area contributed by atoms with Crippen molar-refractivity contribution in [2.24, 2.45) is 0 Å². The van der Waals surface area contributed by atoms with Crippen LogP contribution in [0.5, 0.6) is 17.2 Å². The molecule has 0 spiro atoms. The van der Waals surface area contributed by atoms with E-state index in [1.165, 1.54) is 30.3 Å². The molecule has 0 radical (unpaired) electrons. The molecular weight excluding hydrogens is 356 g/mol. The fourth-order valence-corrected chi connectivity index (χ4v) is 2.25. The van der Waals surface area contributed by atoms with Gasteiger partial charge in [-0.15, -0.1) is 0 Å². The zero-order valence-corrected chi connectivity index (χ0v) is 15.1. The van der Waals surface area contributed by atoms with Crippen LogP contribution in [0.25, 0.3) is 6.08 Å². The van der Waals surface area contributed by atoms with Crippen LogP contribution in [0.15, 0.2) is 48.5 Å². The third kappa shape index (κ3) is 6.62. The lowest BCUT2D eigenvalue weighted by molar-refractivity contribution is -0.111. The Balaban J connectivity index is 2.00. The van der Waals surface area contributed by atoms with Gasteiger partial charge >= 0.3 is 6.61 Å². The molecule has 0 saturated carbocycles. The second-order valence-electron chi connectivity index (χ2n) is 5.30. The molecule has 1 N–H and O–H groups in total. The number of amides is 1. The van der Waals surface area contributed by atoms with Gasteiger partial charge in [-0.05, 0) is 61.9 Å². The molecule has 0 aromatic heterocycles. The lowest BCUT2D eigenvalue weighted by Crippen LogP contribution is -2.08. The number of hydrogen-bond donors (Lipinski definition) is 1. The van der Waals surface area contributed by atoms with E-state index in [2.05, 4.69) is 10.1 Å². The highest BCUT2D eigenvalue weighted by atomic mass is 19.3. The second-order valence-corrected chi connectivity index (χ2v) is 5.30. The maximum absolute atomic E-state index is 12.1. The van der Waals surface area contributed by atoms with Crippen molar-refractivity contribution in [3.63, 3.8) is 0 Å². The summed E-state index contributed by atoms with van der Waals surface area (Å²) in [5.74, 6) is 0.921. The van der Waals surface area contributed by atoms with Crippen molar-refractivity contribution in [2.75, 3.05) is 18.5 Å². The van der Waals surface area contributed by atoms with Gasteiger partial charge < -0.3 is 19.5 Å². The number of benzene rings is 2. The highest BCUT2D eigenvalue weighted by Gasteiger charge is 2.06. The molecule has 0 heterocycles. The summed E-state index contributed by atoms with van der Waals surface area (Å²) in [4.78, 5) is 12.0. The third-order valence-electron chi connectivity index (χ3n) is 3.34. The summed E-state index contributed by atoms with van der Waals surface area (Å²) in [6.45, 7) is 1.91. The van der Waals surface area contributed by atoms with Gasteiger partial charge in [0.1, 0.15) is 5.75 Å². The minimum Gasteiger partial charge on any atom is -0.490 e. The largest absolute Gasteiger partial charge is 0.490 e. The van der Waals surface area contributed by atoms with Crippen molar-refractivity contribution in [3.8, 4) is 17.2 Å². The summed E-state index contributed by atoms with van der Waals surface area (Å²) >= 11 is 0. The highest BCUT2D eigenvalue weighted by Crippen LogP contribution is 2.29. The van der Waals surface area contributed by atoms with E-state index in [0.717, 1.165) is 5.56 Å². The van der Waals surface area contributed by atoms with Crippen LogP contribution in [-0.4, -0.2) is 25.7 Å². The first-order valence-electron chi connectivity index (χ1n) is 8.45. The first kappa shape index (κ1) is 20.2. The monoisotopic (exact) mass is 377 g/mol. The van der Waals surface area contributed by atoms with Crippen LogP contribution in [0.4, 0.5) is 14.5 Å². The summed E-state index contributed by atoms with van der Waals surface area (Å²) in [5, 5.41) is 2.64. The van der Waals surface area contributed by atoms with Crippen LogP contribution in [0.3, 0.4) is 0 Å². The van der Waals surface area contributed by atoms with Crippen molar-refractivity contribution in [2.45, 2.75) is 20.5 Å². The van der Waals surface area contributed by atoms with E-state index in [1.54, 1.807) is 18.2 Å². The van der Waals surface area contributed by atoms with E-state index in [0.29, 0.717) is 30.4 Å². The Morgan fingerprint density at radius 1 is 1.04 bits per heavy atom. The standard InChI is InChI=1S/C20H21F2NO4/c1-3-25-17-11-5-14(13-18(17)26-4-2)6-12-19(24)23-15-7-9-16(10-8-15)27-20(21)22/h5-13,20H,3-4H2,1-2H3,(H,23,24)/b12-6+. The van der Waals surface area contributed by atoms with E-state index < -0.39 is 6.61 Å². The van der Waals surface area contributed by atoms with Crippen LogP contribution >= 0.6 is 0 Å². The van der Waals surface area contributed by atoms with E-state index in [4.69, 9.17) is 9.47 Å². The second kappa shape index (κ2) is 10.2. The van der Waals surface area contributed by atoms with Gasteiger partial charge in [0.05, 0.1) is 13.2 Å². The van der Waals surface area contributed by atoms with Gasteiger partial charge in [-0.1, -0.05) is 6.07 Å². The summed E-state index contributed by atoms with van der Waals surface area (Å²) in [6.07, 6.45) is 3.01. The van der Waals surface area contributed by atoms with E-state index in [-0.39, 0.29) is 11.7 Å². The van der Waals surface area contributed by atoms with Crippen molar-refractivity contribution in [1.82, 2.24) is 0 Å².